The molecule has 2 saturated heterocycles. The Morgan fingerprint density at radius 1 is 1.24 bits per heavy atom. The molecule has 2 fully saturated rings. The van der Waals surface area contributed by atoms with Crippen LogP contribution in [-0.2, 0) is 10.3 Å². The van der Waals surface area contributed by atoms with Crippen molar-refractivity contribution in [1.29, 1.82) is 0 Å². The van der Waals surface area contributed by atoms with E-state index < -0.39 is 11.7 Å². The van der Waals surface area contributed by atoms with Crippen molar-refractivity contribution in [1.82, 2.24) is 19.7 Å². The number of carbonyl (C=O) groups is 1. The summed E-state index contributed by atoms with van der Waals surface area (Å²) in [6.07, 6.45) is 4.11. The Kier molecular flexibility index (Phi) is 5.88. The predicted molar refractivity (Wildman–Crippen MR) is 94.6 cm³/mol. The Hall–Kier alpha value is -1.70. The molecule has 1 aromatic rings. The molecule has 0 unspecified atom stereocenters. The summed E-state index contributed by atoms with van der Waals surface area (Å²) in [5, 5.41) is 9.21. The van der Waals surface area contributed by atoms with E-state index in [1.54, 1.807) is 6.20 Å². The number of ether oxygens (including phenoxy) is 1. The van der Waals surface area contributed by atoms with Gasteiger partial charge in [-0.05, 0) is 26.0 Å². The highest BCUT2D eigenvalue weighted by Crippen LogP contribution is 2.36. The number of piperazine rings is 1. The molecular formula is C18H28N4O3. The summed E-state index contributed by atoms with van der Waals surface area (Å²) in [6.45, 7) is 6.92. The smallest absolute Gasteiger partial charge is 0.407 e. The Labute approximate surface area is 149 Å². The molecule has 3 rings (SSSR count). The van der Waals surface area contributed by atoms with Gasteiger partial charge >= 0.3 is 6.09 Å². The Morgan fingerprint density at radius 2 is 1.96 bits per heavy atom. The first kappa shape index (κ1) is 18.1. The summed E-state index contributed by atoms with van der Waals surface area (Å²) in [7, 11) is 2.15. The zero-order valence-corrected chi connectivity index (χ0v) is 14.9. The minimum absolute atomic E-state index is 0.424. The fourth-order valence-corrected chi connectivity index (χ4v) is 3.65. The molecule has 0 saturated carbocycles. The van der Waals surface area contributed by atoms with E-state index in [-0.39, 0.29) is 0 Å². The molecular weight excluding hydrogens is 320 g/mol. The van der Waals surface area contributed by atoms with Crippen LogP contribution < -0.4 is 0 Å². The van der Waals surface area contributed by atoms with Crippen LogP contribution >= 0.6 is 0 Å². The number of hydrogen-bond acceptors (Lipinski definition) is 5. The first-order valence-corrected chi connectivity index (χ1v) is 9.02. The third kappa shape index (κ3) is 4.48. The number of nitrogens with zero attached hydrogens (tertiary/aromatic N) is 4. The molecule has 0 radical (unpaired) electrons. The van der Waals surface area contributed by atoms with Crippen molar-refractivity contribution >= 4 is 6.09 Å². The lowest BCUT2D eigenvalue weighted by Gasteiger charge is -2.41. The van der Waals surface area contributed by atoms with Crippen LogP contribution in [0.5, 0.6) is 0 Å². The number of rotatable bonds is 5. The Bertz CT molecular complexity index is 553. The predicted octanol–water partition coefficient (Wildman–Crippen LogP) is 1.31. The lowest BCUT2D eigenvalue weighted by atomic mass is 9.85. The van der Waals surface area contributed by atoms with E-state index in [0.29, 0.717) is 32.5 Å². The van der Waals surface area contributed by atoms with E-state index in [4.69, 9.17) is 4.74 Å². The van der Waals surface area contributed by atoms with Crippen LogP contribution in [0.15, 0.2) is 24.5 Å². The normalized spacial score (nSPS) is 22.0. The van der Waals surface area contributed by atoms with E-state index in [9.17, 15) is 9.90 Å². The largest absolute Gasteiger partial charge is 0.465 e. The second-order valence-electron chi connectivity index (χ2n) is 7.00. The van der Waals surface area contributed by atoms with Crippen LogP contribution in [0.25, 0.3) is 0 Å². The summed E-state index contributed by atoms with van der Waals surface area (Å²) in [5.41, 5.74) is 0.630. The highest BCUT2D eigenvalue weighted by molar-refractivity contribution is 5.65. The molecule has 7 heteroatoms. The molecule has 1 N–H and O–H groups in total. The molecule has 2 aliphatic rings. The molecule has 0 bridgehead atoms. The average molecular weight is 348 g/mol. The molecule has 7 nitrogen and oxygen atoms in total. The molecule has 3 heterocycles. The van der Waals surface area contributed by atoms with Gasteiger partial charge in [0, 0.05) is 63.8 Å². The Morgan fingerprint density at radius 3 is 2.56 bits per heavy atom. The lowest BCUT2D eigenvalue weighted by Crippen LogP contribution is -2.48. The van der Waals surface area contributed by atoms with Gasteiger partial charge in [0.2, 0.25) is 0 Å². The quantitative estimate of drug-likeness (QED) is 0.865. The van der Waals surface area contributed by atoms with Gasteiger partial charge in [-0.3, -0.25) is 9.88 Å². The fourth-order valence-electron chi connectivity index (χ4n) is 3.65. The highest BCUT2D eigenvalue weighted by atomic mass is 16.5. The van der Waals surface area contributed by atoms with Gasteiger partial charge in [-0.2, -0.15) is 0 Å². The third-order valence-electron chi connectivity index (χ3n) is 5.41. The average Bonchev–Trinajstić information content (AvgIpc) is 2.64. The van der Waals surface area contributed by atoms with Crippen LogP contribution in [0.3, 0.4) is 0 Å². The first-order valence-electron chi connectivity index (χ1n) is 9.02. The van der Waals surface area contributed by atoms with Gasteiger partial charge in [0.1, 0.15) is 0 Å². The monoisotopic (exact) mass is 348 g/mol. The van der Waals surface area contributed by atoms with Crippen molar-refractivity contribution in [2.24, 2.45) is 0 Å². The fraction of sp³-hybridized carbons (Fsp3) is 0.667. The molecule has 2 aliphatic heterocycles. The molecule has 0 atom stereocenters. The summed E-state index contributed by atoms with van der Waals surface area (Å²) in [4.78, 5) is 21.7. The minimum Gasteiger partial charge on any atom is -0.465 e. The van der Waals surface area contributed by atoms with E-state index in [1.165, 1.54) is 4.90 Å². The topological polar surface area (TPSA) is 69.1 Å². The van der Waals surface area contributed by atoms with Crippen molar-refractivity contribution in [3.05, 3.63) is 30.1 Å². The SMILES string of the molecule is CN1CCN(CCOC2(c3cccnc3)CCN(C(=O)O)CC2)CC1. The van der Waals surface area contributed by atoms with Crippen molar-refractivity contribution < 1.29 is 14.6 Å². The molecule has 0 aromatic carbocycles. The van der Waals surface area contributed by atoms with Crippen LogP contribution in [-0.4, -0.2) is 90.4 Å². The number of piperidine rings is 1. The first-order chi connectivity index (χ1) is 12.1. The molecule has 1 aromatic heterocycles. The van der Waals surface area contributed by atoms with Gasteiger partial charge in [-0.1, -0.05) is 6.07 Å². The minimum atomic E-state index is -0.850. The van der Waals surface area contributed by atoms with E-state index in [1.807, 2.05) is 18.3 Å². The van der Waals surface area contributed by atoms with Crippen LogP contribution in [0.2, 0.25) is 0 Å². The van der Waals surface area contributed by atoms with Gasteiger partial charge < -0.3 is 19.6 Å². The lowest BCUT2D eigenvalue weighted by molar-refractivity contribution is -0.0923. The number of likely N-dealkylation sites (tertiary alicyclic amines) is 1. The van der Waals surface area contributed by atoms with E-state index in [0.717, 1.165) is 38.3 Å². The van der Waals surface area contributed by atoms with Crippen molar-refractivity contribution in [2.45, 2.75) is 18.4 Å². The van der Waals surface area contributed by atoms with Crippen molar-refractivity contribution in [3.63, 3.8) is 0 Å². The summed E-state index contributed by atoms with van der Waals surface area (Å²) in [5.74, 6) is 0. The second kappa shape index (κ2) is 8.12. The number of pyridine rings is 1. The zero-order valence-electron chi connectivity index (χ0n) is 14.9. The van der Waals surface area contributed by atoms with Gasteiger partial charge in [0.05, 0.1) is 12.2 Å². The third-order valence-corrected chi connectivity index (χ3v) is 5.41. The van der Waals surface area contributed by atoms with Gasteiger partial charge in [-0.25, -0.2) is 4.79 Å². The van der Waals surface area contributed by atoms with Gasteiger partial charge in [0.25, 0.3) is 0 Å². The standard InChI is InChI=1S/C18H28N4O3/c1-20-9-11-21(12-10-20)13-14-25-18(16-3-2-6-19-15-16)4-7-22(8-5-18)17(23)24/h2-3,6,15H,4-5,7-14H2,1H3,(H,23,24). The van der Waals surface area contributed by atoms with E-state index in [2.05, 4.69) is 21.8 Å². The molecule has 0 spiro atoms. The van der Waals surface area contributed by atoms with Gasteiger partial charge in [-0.15, -0.1) is 0 Å². The number of likely N-dealkylation sites (N-methyl/N-ethyl adjacent to an activating group) is 1. The molecule has 25 heavy (non-hydrogen) atoms. The summed E-state index contributed by atoms with van der Waals surface area (Å²) >= 11 is 0. The summed E-state index contributed by atoms with van der Waals surface area (Å²) in [6, 6.07) is 3.96. The number of carboxylic acid groups (broad SMARTS) is 1. The molecule has 138 valence electrons. The second-order valence-corrected chi connectivity index (χ2v) is 7.00. The van der Waals surface area contributed by atoms with Crippen LogP contribution in [0, 0.1) is 0 Å². The summed E-state index contributed by atoms with van der Waals surface area (Å²) < 4.78 is 6.40. The van der Waals surface area contributed by atoms with Crippen LogP contribution in [0.1, 0.15) is 18.4 Å². The van der Waals surface area contributed by atoms with E-state index >= 15 is 0 Å². The van der Waals surface area contributed by atoms with Crippen LogP contribution in [0.4, 0.5) is 4.79 Å². The number of amides is 1. The molecule has 0 aliphatic carbocycles. The van der Waals surface area contributed by atoms with Crippen molar-refractivity contribution in [2.75, 3.05) is 59.5 Å². The molecule has 1 amide bonds. The van der Waals surface area contributed by atoms with Crippen molar-refractivity contribution in [3.8, 4) is 0 Å². The maximum atomic E-state index is 11.2. The van der Waals surface area contributed by atoms with Gasteiger partial charge in [0.15, 0.2) is 0 Å². The number of hydrogen-bond donors (Lipinski definition) is 1. The number of aromatic nitrogens is 1. The highest BCUT2D eigenvalue weighted by Gasteiger charge is 2.38. The zero-order chi connectivity index (χ0) is 17.7. The maximum Gasteiger partial charge on any atom is 0.407 e. The maximum absolute atomic E-state index is 11.2. The Balaban J connectivity index is 1.61.